The molecule has 0 bridgehead atoms. The minimum atomic E-state index is -0.110. The van der Waals surface area contributed by atoms with Crippen LogP contribution in [-0.4, -0.2) is 33.8 Å². The van der Waals surface area contributed by atoms with E-state index in [1.165, 1.54) is 18.5 Å². The molecule has 0 atom stereocenters. The fraction of sp³-hybridized carbons (Fsp3) is 0.286. The van der Waals surface area contributed by atoms with Crippen molar-refractivity contribution in [2.24, 2.45) is 7.05 Å². The number of benzene rings is 2. The quantitative estimate of drug-likeness (QED) is 0.771. The van der Waals surface area contributed by atoms with E-state index in [2.05, 4.69) is 20.4 Å². The van der Waals surface area contributed by atoms with Gasteiger partial charge in [-0.05, 0) is 55.7 Å². The maximum Gasteiger partial charge on any atom is 0.255 e. The van der Waals surface area contributed by atoms with E-state index in [4.69, 9.17) is 0 Å². The van der Waals surface area contributed by atoms with Crippen LogP contribution in [0.4, 0.5) is 11.4 Å². The van der Waals surface area contributed by atoms with Gasteiger partial charge in [-0.2, -0.15) is 0 Å². The Bertz CT molecular complexity index is 955. The van der Waals surface area contributed by atoms with Crippen molar-refractivity contribution in [1.29, 1.82) is 0 Å². The summed E-state index contributed by atoms with van der Waals surface area (Å²) < 4.78 is 1.87. The Balaban J connectivity index is 1.54. The lowest BCUT2D eigenvalue weighted by atomic mass is 10.1. The third-order valence-corrected chi connectivity index (χ3v) is 5.13. The van der Waals surface area contributed by atoms with Gasteiger partial charge in [-0.15, -0.1) is 10.2 Å². The smallest absolute Gasteiger partial charge is 0.255 e. The fourth-order valence-electron chi connectivity index (χ4n) is 3.53. The zero-order valence-electron chi connectivity index (χ0n) is 15.6. The minimum absolute atomic E-state index is 0.110. The number of hydrogen-bond acceptors (Lipinski definition) is 4. The summed E-state index contributed by atoms with van der Waals surface area (Å²) in [4.78, 5) is 15.1. The maximum absolute atomic E-state index is 12.7. The summed E-state index contributed by atoms with van der Waals surface area (Å²) in [5, 5.41) is 11.1. The van der Waals surface area contributed by atoms with Crippen LogP contribution >= 0.6 is 0 Å². The number of nitrogens with one attached hydrogen (secondary N) is 1. The summed E-state index contributed by atoms with van der Waals surface area (Å²) in [7, 11) is 1.90. The number of aryl methyl sites for hydroxylation is 1. The molecule has 4 rings (SSSR count). The fourth-order valence-corrected chi connectivity index (χ4v) is 3.53. The first-order chi connectivity index (χ1) is 13.1. The minimum Gasteiger partial charge on any atom is -0.372 e. The lowest BCUT2D eigenvalue weighted by molar-refractivity contribution is 0.102. The molecular formula is C21H23N5O. The zero-order valence-corrected chi connectivity index (χ0v) is 15.6. The van der Waals surface area contributed by atoms with Gasteiger partial charge in [-0.3, -0.25) is 4.79 Å². The Labute approximate surface area is 158 Å². The molecule has 2 heterocycles. The molecule has 2 aromatic carbocycles. The van der Waals surface area contributed by atoms with Crippen LogP contribution in [0.3, 0.4) is 0 Å². The van der Waals surface area contributed by atoms with Gasteiger partial charge in [-0.1, -0.05) is 12.1 Å². The molecule has 1 N–H and O–H groups in total. The Kier molecular flexibility index (Phi) is 4.62. The second kappa shape index (κ2) is 7.23. The van der Waals surface area contributed by atoms with Gasteiger partial charge < -0.3 is 14.8 Å². The van der Waals surface area contributed by atoms with Crippen molar-refractivity contribution < 1.29 is 4.79 Å². The highest BCUT2D eigenvalue weighted by atomic mass is 16.1. The zero-order chi connectivity index (χ0) is 18.8. The third kappa shape index (κ3) is 3.43. The molecule has 0 aliphatic carbocycles. The van der Waals surface area contributed by atoms with Gasteiger partial charge in [-0.25, -0.2) is 0 Å². The van der Waals surface area contributed by atoms with Crippen molar-refractivity contribution in [3.63, 3.8) is 0 Å². The summed E-state index contributed by atoms with van der Waals surface area (Å²) in [6.07, 6.45) is 4.15. The van der Waals surface area contributed by atoms with Crippen LogP contribution in [-0.2, 0) is 7.05 Å². The predicted octanol–water partition coefficient (Wildman–Crippen LogP) is 3.64. The van der Waals surface area contributed by atoms with Crippen molar-refractivity contribution >= 4 is 17.3 Å². The highest BCUT2D eigenvalue weighted by Gasteiger charge is 2.15. The number of hydrogen-bond donors (Lipinski definition) is 1. The Morgan fingerprint density at radius 2 is 1.81 bits per heavy atom. The lowest BCUT2D eigenvalue weighted by Crippen LogP contribution is -2.18. The van der Waals surface area contributed by atoms with E-state index in [-0.39, 0.29) is 5.91 Å². The summed E-state index contributed by atoms with van der Waals surface area (Å²) in [5.74, 6) is 0.666. The van der Waals surface area contributed by atoms with E-state index >= 15 is 0 Å². The summed E-state index contributed by atoms with van der Waals surface area (Å²) in [6.45, 7) is 4.18. The Morgan fingerprint density at radius 1 is 1.07 bits per heavy atom. The molecular weight excluding hydrogens is 338 g/mol. The molecule has 1 fully saturated rings. The van der Waals surface area contributed by atoms with Gasteiger partial charge in [0.2, 0.25) is 0 Å². The van der Waals surface area contributed by atoms with Crippen molar-refractivity contribution in [3.05, 3.63) is 59.9 Å². The van der Waals surface area contributed by atoms with Crippen molar-refractivity contribution in [2.45, 2.75) is 19.8 Å². The van der Waals surface area contributed by atoms with Gasteiger partial charge in [0.1, 0.15) is 6.33 Å². The molecule has 6 nitrogen and oxygen atoms in total. The van der Waals surface area contributed by atoms with Crippen molar-refractivity contribution in [2.75, 3.05) is 23.3 Å². The van der Waals surface area contributed by atoms with Gasteiger partial charge in [0.15, 0.2) is 5.82 Å². The monoisotopic (exact) mass is 361 g/mol. The molecule has 3 aromatic rings. The third-order valence-electron chi connectivity index (χ3n) is 5.13. The largest absolute Gasteiger partial charge is 0.372 e. The number of aromatic nitrogens is 3. The second-order valence-electron chi connectivity index (χ2n) is 6.94. The number of nitrogens with zero attached hydrogens (tertiary/aromatic N) is 4. The first kappa shape index (κ1) is 17.3. The van der Waals surface area contributed by atoms with Gasteiger partial charge in [0.05, 0.1) is 0 Å². The average Bonchev–Trinajstić information content (AvgIpc) is 3.35. The summed E-state index contributed by atoms with van der Waals surface area (Å²) in [6, 6.07) is 13.7. The van der Waals surface area contributed by atoms with Crippen LogP contribution in [0, 0.1) is 6.92 Å². The predicted molar refractivity (Wildman–Crippen MR) is 107 cm³/mol. The van der Waals surface area contributed by atoms with Crippen LogP contribution in [0.15, 0.2) is 48.8 Å². The molecule has 1 aliphatic heterocycles. The molecule has 1 amide bonds. The van der Waals surface area contributed by atoms with Crippen LogP contribution < -0.4 is 10.2 Å². The van der Waals surface area contributed by atoms with Gasteiger partial charge in [0.25, 0.3) is 5.91 Å². The SMILES string of the molecule is Cc1c(NC(=O)c2ccc(N3CCCC3)cc2)cccc1-c1nncn1C. The van der Waals surface area contributed by atoms with Crippen LogP contribution in [0.25, 0.3) is 11.4 Å². The van der Waals surface area contributed by atoms with E-state index in [1.807, 2.05) is 61.0 Å². The van der Waals surface area contributed by atoms with Crippen LogP contribution in [0.2, 0.25) is 0 Å². The van der Waals surface area contributed by atoms with Gasteiger partial charge in [0, 0.05) is 42.6 Å². The number of anilines is 2. The van der Waals surface area contributed by atoms with Crippen LogP contribution in [0.1, 0.15) is 28.8 Å². The molecule has 1 aromatic heterocycles. The number of amides is 1. The molecule has 1 saturated heterocycles. The number of carbonyl (C=O) groups is 1. The molecule has 0 radical (unpaired) electrons. The van der Waals surface area contributed by atoms with E-state index < -0.39 is 0 Å². The van der Waals surface area contributed by atoms with Crippen molar-refractivity contribution in [1.82, 2.24) is 14.8 Å². The van der Waals surface area contributed by atoms with Crippen LogP contribution in [0.5, 0.6) is 0 Å². The second-order valence-corrected chi connectivity index (χ2v) is 6.94. The average molecular weight is 361 g/mol. The summed E-state index contributed by atoms with van der Waals surface area (Å²) in [5.41, 5.74) is 4.54. The molecule has 0 unspecified atom stereocenters. The van der Waals surface area contributed by atoms with Gasteiger partial charge >= 0.3 is 0 Å². The Morgan fingerprint density at radius 3 is 2.48 bits per heavy atom. The number of carbonyl (C=O) groups excluding carboxylic acids is 1. The molecule has 6 heteroatoms. The first-order valence-electron chi connectivity index (χ1n) is 9.24. The molecule has 0 saturated carbocycles. The van der Waals surface area contributed by atoms with E-state index in [0.29, 0.717) is 5.56 Å². The highest BCUT2D eigenvalue weighted by Crippen LogP contribution is 2.27. The summed E-state index contributed by atoms with van der Waals surface area (Å²) >= 11 is 0. The van der Waals surface area contributed by atoms with E-state index in [9.17, 15) is 4.79 Å². The molecule has 0 spiro atoms. The molecule has 138 valence electrons. The van der Waals surface area contributed by atoms with E-state index in [0.717, 1.165) is 35.7 Å². The van der Waals surface area contributed by atoms with Crippen molar-refractivity contribution in [3.8, 4) is 11.4 Å². The normalized spacial score (nSPS) is 13.8. The first-order valence-corrected chi connectivity index (χ1v) is 9.24. The highest BCUT2D eigenvalue weighted by molar-refractivity contribution is 6.05. The standard InChI is InChI=1S/C21H23N5O/c1-15-18(20-24-22-14-25(20)2)6-5-7-19(15)23-21(27)16-8-10-17(11-9-16)26-12-3-4-13-26/h5-11,14H,3-4,12-13H2,1-2H3,(H,23,27). The maximum atomic E-state index is 12.7. The Hall–Kier alpha value is -3.15. The topological polar surface area (TPSA) is 63.1 Å². The lowest BCUT2D eigenvalue weighted by Gasteiger charge is -2.17. The number of rotatable bonds is 4. The molecule has 27 heavy (non-hydrogen) atoms. The van der Waals surface area contributed by atoms with E-state index in [1.54, 1.807) is 6.33 Å². The molecule has 1 aliphatic rings.